The van der Waals surface area contributed by atoms with E-state index in [-0.39, 0.29) is 5.91 Å². The van der Waals surface area contributed by atoms with E-state index >= 15 is 0 Å². The molecule has 1 amide bonds. The number of hydrazine groups is 1. The molecule has 8 heteroatoms. The molecule has 3 rings (SSSR count). The lowest BCUT2D eigenvalue weighted by atomic mass is 10.0. The second-order valence-electron chi connectivity index (χ2n) is 6.42. The fourth-order valence-electron chi connectivity index (χ4n) is 2.91. The molecular formula is C16H21N5O2S. The first kappa shape index (κ1) is 16.8. The molecule has 24 heavy (non-hydrogen) atoms. The lowest BCUT2D eigenvalue weighted by molar-refractivity contribution is -0.124. The largest absolute Gasteiger partial charge is 0.384 e. The Labute approximate surface area is 145 Å². The van der Waals surface area contributed by atoms with Crippen molar-refractivity contribution in [2.75, 3.05) is 18.3 Å². The molecule has 0 bridgehead atoms. The minimum atomic E-state index is -1.07. The van der Waals surface area contributed by atoms with E-state index in [1.165, 1.54) is 16.8 Å². The van der Waals surface area contributed by atoms with Crippen LogP contribution in [0.4, 0.5) is 5.82 Å². The molecule has 2 aliphatic heterocycles. The molecule has 1 aromatic heterocycles. The van der Waals surface area contributed by atoms with Gasteiger partial charge in [-0.1, -0.05) is 17.8 Å². The number of carbonyl (C=O) groups excluding carboxylic acids is 1. The number of nitrogens with zero attached hydrogens (tertiary/aromatic N) is 4. The first-order valence-electron chi connectivity index (χ1n) is 7.57. The SMILES string of the molecule is CSC1=NC2(C)C(=CN1)C(=O)N(C)N2c1cccc(C(C)(C)O)n1. The first-order valence-corrected chi connectivity index (χ1v) is 8.80. The van der Waals surface area contributed by atoms with Crippen molar-refractivity contribution in [1.82, 2.24) is 15.3 Å². The molecular weight excluding hydrogens is 326 g/mol. The zero-order chi connectivity index (χ0) is 17.7. The highest BCUT2D eigenvalue weighted by atomic mass is 32.2. The van der Waals surface area contributed by atoms with E-state index in [0.717, 1.165) is 5.17 Å². The summed E-state index contributed by atoms with van der Waals surface area (Å²) in [5, 5.41) is 17.3. The van der Waals surface area contributed by atoms with Gasteiger partial charge in [0.25, 0.3) is 5.91 Å². The molecule has 0 aliphatic carbocycles. The van der Waals surface area contributed by atoms with Crippen LogP contribution in [0, 0.1) is 0 Å². The normalized spacial score (nSPS) is 23.7. The molecule has 1 atom stereocenters. The van der Waals surface area contributed by atoms with Gasteiger partial charge in [0.1, 0.15) is 11.4 Å². The zero-order valence-corrected chi connectivity index (χ0v) is 15.2. The number of amides is 1. The second-order valence-corrected chi connectivity index (χ2v) is 7.22. The van der Waals surface area contributed by atoms with Gasteiger partial charge in [-0.15, -0.1) is 0 Å². The molecule has 7 nitrogen and oxygen atoms in total. The van der Waals surface area contributed by atoms with Crippen molar-refractivity contribution in [2.45, 2.75) is 32.0 Å². The van der Waals surface area contributed by atoms with Crippen LogP contribution in [-0.2, 0) is 10.4 Å². The van der Waals surface area contributed by atoms with Gasteiger partial charge in [0, 0.05) is 13.2 Å². The van der Waals surface area contributed by atoms with E-state index in [2.05, 4.69) is 10.3 Å². The molecule has 3 heterocycles. The lowest BCUT2D eigenvalue weighted by Gasteiger charge is -2.37. The summed E-state index contributed by atoms with van der Waals surface area (Å²) in [5.74, 6) is 0.423. The predicted octanol–water partition coefficient (Wildman–Crippen LogP) is 1.42. The maximum Gasteiger partial charge on any atom is 0.274 e. The number of amidine groups is 1. The Bertz CT molecular complexity index is 755. The molecule has 1 aromatic rings. The van der Waals surface area contributed by atoms with E-state index in [9.17, 15) is 9.90 Å². The van der Waals surface area contributed by atoms with Crippen LogP contribution in [0.5, 0.6) is 0 Å². The average molecular weight is 347 g/mol. The van der Waals surface area contributed by atoms with Gasteiger partial charge >= 0.3 is 0 Å². The van der Waals surface area contributed by atoms with Crippen LogP contribution >= 0.6 is 11.8 Å². The second kappa shape index (κ2) is 5.49. The van der Waals surface area contributed by atoms with E-state index < -0.39 is 11.3 Å². The number of anilines is 1. The first-order chi connectivity index (χ1) is 11.2. The van der Waals surface area contributed by atoms with Crippen LogP contribution in [0.25, 0.3) is 0 Å². The van der Waals surface area contributed by atoms with Gasteiger partial charge in [-0.25, -0.2) is 20.0 Å². The van der Waals surface area contributed by atoms with Gasteiger partial charge in [0.05, 0.1) is 11.3 Å². The van der Waals surface area contributed by atoms with E-state index in [4.69, 9.17) is 4.99 Å². The number of hydrogen-bond acceptors (Lipinski definition) is 7. The summed E-state index contributed by atoms with van der Waals surface area (Å²) in [6.07, 6.45) is 3.63. The van der Waals surface area contributed by atoms with Gasteiger partial charge in [-0.3, -0.25) is 4.79 Å². The highest BCUT2D eigenvalue weighted by molar-refractivity contribution is 8.13. The summed E-state index contributed by atoms with van der Waals surface area (Å²) in [4.78, 5) is 21.9. The molecule has 0 spiro atoms. The Morgan fingerprint density at radius 2 is 2.08 bits per heavy atom. The van der Waals surface area contributed by atoms with Crippen LogP contribution in [-0.4, -0.2) is 45.1 Å². The highest BCUT2D eigenvalue weighted by Crippen LogP contribution is 2.40. The number of aliphatic hydroxyl groups is 1. The molecule has 1 fully saturated rings. The number of thioether (sulfide) groups is 1. The zero-order valence-electron chi connectivity index (χ0n) is 14.4. The molecule has 1 saturated heterocycles. The van der Waals surface area contributed by atoms with Crippen LogP contribution in [0.2, 0.25) is 0 Å². The molecule has 0 radical (unpaired) electrons. The number of rotatable bonds is 2. The van der Waals surface area contributed by atoms with E-state index in [1.807, 2.05) is 25.3 Å². The van der Waals surface area contributed by atoms with Crippen LogP contribution in [0.3, 0.4) is 0 Å². The standard InChI is InChI=1S/C16H21N5O2S/c1-15(2,23)11-7-6-8-12(18-11)21-16(3)10(13(22)20(21)4)9-17-14(19-16)24-5/h6-9,23H,1-5H3,(H,17,19). The van der Waals surface area contributed by atoms with E-state index in [1.54, 1.807) is 38.2 Å². The smallest absolute Gasteiger partial charge is 0.274 e. The topological polar surface area (TPSA) is 81.1 Å². The minimum absolute atomic E-state index is 0.135. The monoisotopic (exact) mass is 347 g/mol. The molecule has 2 N–H and O–H groups in total. The number of aromatic nitrogens is 1. The Morgan fingerprint density at radius 3 is 2.71 bits per heavy atom. The molecule has 0 saturated carbocycles. The number of fused-ring (bicyclic) bond motifs is 1. The Hall–Kier alpha value is -2.06. The lowest BCUT2D eigenvalue weighted by Crippen LogP contribution is -2.49. The molecule has 2 aliphatic rings. The van der Waals surface area contributed by atoms with Crippen molar-refractivity contribution in [3.63, 3.8) is 0 Å². The Morgan fingerprint density at radius 1 is 1.38 bits per heavy atom. The van der Waals surface area contributed by atoms with Gasteiger partial charge in [-0.2, -0.15) is 0 Å². The average Bonchev–Trinajstić information content (AvgIpc) is 2.72. The fourth-order valence-corrected chi connectivity index (χ4v) is 3.35. The maximum absolute atomic E-state index is 12.6. The van der Waals surface area contributed by atoms with Gasteiger partial charge in [-0.05, 0) is 39.2 Å². The van der Waals surface area contributed by atoms with Crippen molar-refractivity contribution < 1.29 is 9.90 Å². The third kappa shape index (κ3) is 2.46. The molecule has 0 aromatic carbocycles. The number of likely N-dealkylation sites (N-methyl/N-ethyl adjacent to an activating group) is 1. The number of nitrogens with one attached hydrogen (secondary N) is 1. The quantitative estimate of drug-likeness (QED) is 0.842. The predicted molar refractivity (Wildman–Crippen MR) is 95.3 cm³/mol. The van der Waals surface area contributed by atoms with Crippen molar-refractivity contribution in [3.05, 3.63) is 35.7 Å². The van der Waals surface area contributed by atoms with Crippen molar-refractivity contribution >= 4 is 28.7 Å². The minimum Gasteiger partial charge on any atom is -0.384 e. The van der Waals surface area contributed by atoms with Crippen LogP contribution in [0.1, 0.15) is 26.5 Å². The number of hydrogen-bond donors (Lipinski definition) is 2. The van der Waals surface area contributed by atoms with E-state index in [0.29, 0.717) is 17.1 Å². The summed E-state index contributed by atoms with van der Waals surface area (Å²) >= 11 is 1.48. The van der Waals surface area contributed by atoms with Crippen LogP contribution < -0.4 is 10.3 Å². The number of carbonyl (C=O) groups is 1. The van der Waals surface area contributed by atoms with Crippen molar-refractivity contribution in [2.24, 2.45) is 4.99 Å². The van der Waals surface area contributed by atoms with Gasteiger partial charge in [0.2, 0.25) is 0 Å². The third-order valence-electron chi connectivity index (χ3n) is 4.18. The number of aliphatic imine (C=N–C) groups is 1. The van der Waals surface area contributed by atoms with Crippen molar-refractivity contribution in [1.29, 1.82) is 0 Å². The molecule has 1 unspecified atom stereocenters. The van der Waals surface area contributed by atoms with Crippen molar-refractivity contribution in [3.8, 4) is 0 Å². The Balaban J connectivity index is 2.13. The maximum atomic E-state index is 12.6. The van der Waals surface area contributed by atoms with Gasteiger partial charge in [0.15, 0.2) is 10.8 Å². The summed E-state index contributed by atoms with van der Waals surface area (Å²) in [6.45, 7) is 5.24. The summed E-state index contributed by atoms with van der Waals surface area (Å²) in [6, 6.07) is 5.39. The molecule has 128 valence electrons. The summed E-state index contributed by atoms with van der Waals surface area (Å²) in [7, 11) is 1.69. The van der Waals surface area contributed by atoms with Gasteiger partial charge < -0.3 is 10.4 Å². The fraction of sp³-hybridized carbons (Fsp3) is 0.438. The number of pyridine rings is 1. The third-order valence-corrected chi connectivity index (χ3v) is 4.77. The highest BCUT2D eigenvalue weighted by Gasteiger charge is 2.52. The Kier molecular flexibility index (Phi) is 3.84. The summed E-state index contributed by atoms with van der Waals surface area (Å²) < 4.78 is 0. The van der Waals surface area contributed by atoms with Crippen LogP contribution in [0.15, 0.2) is 35.0 Å². The summed E-state index contributed by atoms with van der Waals surface area (Å²) in [5.41, 5.74) is -0.858.